The Hall–Kier alpha value is -2.60. The fraction of sp³-hybridized carbons (Fsp3) is 0.800. The molecule has 2 N–H and O–H groups in total. The Bertz CT molecular complexity index is 827. The molecule has 3 aliphatic rings. The number of amides is 1. The van der Waals surface area contributed by atoms with Crippen LogP contribution in [0.3, 0.4) is 0 Å². The minimum atomic E-state index is -0.796. The van der Waals surface area contributed by atoms with Gasteiger partial charge in [-0.25, -0.2) is 9.59 Å². The number of piperidine rings is 1. The number of nitrogens with one attached hydrogen (secondary N) is 1. The van der Waals surface area contributed by atoms with Crippen LogP contribution in [0.15, 0.2) is 9.32 Å². The van der Waals surface area contributed by atoms with E-state index in [0.717, 1.165) is 65.0 Å². The standard InChI is InChI=1S/C20H32N6O6/c27-17(28)14-24-10-8-23(9-11-24)12-16-13-26(20(30)31-16)5-1-2-15-3-6-25(7-4-15)18-21-19(29)32-22-18/h15-16H,1-14H2,(H,27,28)(H,21,22,29). The molecule has 12 nitrogen and oxygen atoms in total. The molecule has 4 heterocycles. The zero-order chi connectivity index (χ0) is 22.5. The number of ether oxygens (including phenoxy) is 1. The largest absolute Gasteiger partial charge is 0.480 e. The number of carboxylic acids is 1. The van der Waals surface area contributed by atoms with Crippen LogP contribution in [0.25, 0.3) is 0 Å². The quantitative estimate of drug-likeness (QED) is 0.522. The van der Waals surface area contributed by atoms with Crippen molar-refractivity contribution in [1.29, 1.82) is 0 Å². The van der Waals surface area contributed by atoms with Crippen molar-refractivity contribution in [2.24, 2.45) is 5.92 Å². The number of H-pyrrole nitrogens is 1. The summed E-state index contributed by atoms with van der Waals surface area (Å²) in [5.74, 6) is -0.224. The highest BCUT2D eigenvalue weighted by Gasteiger charge is 2.33. The summed E-state index contributed by atoms with van der Waals surface area (Å²) in [4.78, 5) is 44.8. The van der Waals surface area contributed by atoms with Crippen LogP contribution in [-0.2, 0) is 9.53 Å². The maximum absolute atomic E-state index is 12.2. The fourth-order valence-corrected chi connectivity index (χ4v) is 4.82. The van der Waals surface area contributed by atoms with Gasteiger partial charge in [0.05, 0.1) is 13.1 Å². The summed E-state index contributed by atoms with van der Waals surface area (Å²) in [6, 6.07) is 0. The molecule has 0 aromatic carbocycles. The molecule has 3 saturated heterocycles. The van der Waals surface area contributed by atoms with Gasteiger partial charge in [-0.15, -0.1) is 0 Å². The van der Waals surface area contributed by atoms with Gasteiger partial charge >= 0.3 is 17.8 Å². The second-order valence-corrected chi connectivity index (χ2v) is 8.91. The maximum atomic E-state index is 12.2. The average molecular weight is 453 g/mol. The number of piperazine rings is 1. The van der Waals surface area contributed by atoms with Gasteiger partial charge in [0.2, 0.25) is 5.95 Å². The van der Waals surface area contributed by atoms with Gasteiger partial charge in [0.25, 0.3) is 0 Å². The third-order valence-corrected chi connectivity index (χ3v) is 6.62. The molecule has 1 unspecified atom stereocenters. The molecule has 32 heavy (non-hydrogen) atoms. The van der Waals surface area contributed by atoms with Gasteiger partial charge in [0.1, 0.15) is 6.10 Å². The number of nitrogens with zero attached hydrogens (tertiary/aromatic N) is 5. The van der Waals surface area contributed by atoms with Gasteiger partial charge in [-0.05, 0) is 36.8 Å². The normalized spacial score (nSPS) is 23.6. The Morgan fingerprint density at radius 1 is 1.09 bits per heavy atom. The van der Waals surface area contributed by atoms with E-state index in [-0.39, 0.29) is 18.7 Å². The highest BCUT2D eigenvalue weighted by molar-refractivity contribution is 5.70. The summed E-state index contributed by atoms with van der Waals surface area (Å²) >= 11 is 0. The van der Waals surface area contributed by atoms with E-state index in [4.69, 9.17) is 9.84 Å². The molecule has 178 valence electrons. The van der Waals surface area contributed by atoms with E-state index in [1.165, 1.54) is 0 Å². The van der Waals surface area contributed by atoms with Crippen LogP contribution in [0.5, 0.6) is 0 Å². The number of carbonyl (C=O) groups excluding carboxylic acids is 1. The lowest BCUT2D eigenvalue weighted by atomic mass is 9.92. The van der Waals surface area contributed by atoms with Crippen LogP contribution < -0.4 is 10.7 Å². The zero-order valence-corrected chi connectivity index (χ0v) is 18.3. The lowest BCUT2D eigenvalue weighted by Gasteiger charge is -2.34. The molecular weight excluding hydrogens is 420 g/mol. The molecule has 0 radical (unpaired) electrons. The minimum Gasteiger partial charge on any atom is -0.480 e. The number of aromatic amines is 1. The number of carbonyl (C=O) groups is 2. The second kappa shape index (κ2) is 10.3. The first-order chi connectivity index (χ1) is 15.5. The first-order valence-corrected chi connectivity index (χ1v) is 11.4. The number of anilines is 1. The van der Waals surface area contributed by atoms with Gasteiger partial charge in [-0.3, -0.25) is 24.1 Å². The topological polar surface area (TPSA) is 135 Å². The van der Waals surface area contributed by atoms with Gasteiger partial charge in [0.15, 0.2) is 0 Å². The highest BCUT2D eigenvalue weighted by atomic mass is 16.6. The van der Waals surface area contributed by atoms with Gasteiger partial charge in [0, 0.05) is 52.4 Å². The van der Waals surface area contributed by atoms with E-state index in [1.807, 2.05) is 9.80 Å². The summed E-state index contributed by atoms with van der Waals surface area (Å²) in [6.45, 7) is 6.81. The van der Waals surface area contributed by atoms with Crippen molar-refractivity contribution in [2.45, 2.75) is 31.8 Å². The van der Waals surface area contributed by atoms with E-state index in [0.29, 0.717) is 31.5 Å². The number of aliphatic carboxylic acids is 1. The monoisotopic (exact) mass is 452 g/mol. The summed E-state index contributed by atoms with van der Waals surface area (Å²) in [7, 11) is 0. The minimum absolute atomic E-state index is 0.0821. The third kappa shape index (κ3) is 6.00. The van der Waals surface area contributed by atoms with Crippen molar-refractivity contribution in [3.63, 3.8) is 0 Å². The summed E-state index contributed by atoms with van der Waals surface area (Å²) in [5, 5.41) is 12.6. The van der Waals surface area contributed by atoms with Crippen LogP contribution in [0.2, 0.25) is 0 Å². The van der Waals surface area contributed by atoms with E-state index in [1.54, 1.807) is 4.90 Å². The summed E-state index contributed by atoms with van der Waals surface area (Å²) in [6.07, 6.45) is 3.70. The number of rotatable bonds is 9. The Morgan fingerprint density at radius 2 is 1.81 bits per heavy atom. The van der Waals surface area contributed by atoms with Crippen LogP contribution in [-0.4, -0.2) is 114 Å². The Kier molecular flexibility index (Phi) is 7.30. The first-order valence-electron chi connectivity index (χ1n) is 11.4. The molecule has 0 bridgehead atoms. The van der Waals surface area contributed by atoms with Gasteiger partial charge in [-0.1, -0.05) is 0 Å². The molecule has 0 saturated carbocycles. The van der Waals surface area contributed by atoms with E-state index in [2.05, 4.69) is 19.6 Å². The molecule has 4 rings (SSSR count). The first kappa shape index (κ1) is 22.6. The second-order valence-electron chi connectivity index (χ2n) is 8.91. The number of hydrogen-bond acceptors (Lipinski definition) is 9. The highest BCUT2D eigenvalue weighted by Crippen LogP contribution is 2.24. The summed E-state index contributed by atoms with van der Waals surface area (Å²) in [5.41, 5.74) is 0. The van der Waals surface area contributed by atoms with Crippen molar-refractivity contribution in [2.75, 3.05) is 70.3 Å². The molecule has 1 aromatic heterocycles. The third-order valence-electron chi connectivity index (χ3n) is 6.62. The molecule has 1 atom stereocenters. The van der Waals surface area contributed by atoms with E-state index >= 15 is 0 Å². The zero-order valence-electron chi connectivity index (χ0n) is 18.3. The fourth-order valence-electron chi connectivity index (χ4n) is 4.82. The Labute approximate surface area is 186 Å². The molecule has 0 spiro atoms. The SMILES string of the molecule is O=C(O)CN1CCN(CC2CN(CCCC3CCN(c4noc(=O)[nH]4)CC3)C(=O)O2)CC1. The van der Waals surface area contributed by atoms with Gasteiger partial charge in [-0.2, -0.15) is 0 Å². The van der Waals surface area contributed by atoms with Crippen LogP contribution in [0.4, 0.5) is 10.7 Å². The van der Waals surface area contributed by atoms with Crippen molar-refractivity contribution in [1.82, 2.24) is 24.8 Å². The Balaban J connectivity index is 1.11. The predicted molar refractivity (Wildman–Crippen MR) is 114 cm³/mol. The van der Waals surface area contributed by atoms with Crippen LogP contribution in [0.1, 0.15) is 25.7 Å². The van der Waals surface area contributed by atoms with Crippen molar-refractivity contribution in [3.8, 4) is 0 Å². The predicted octanol–water partition coefficient (Wildman–Crippen LogP) is -0.117. The lowest BCUT2D eigenvalue weighted by Crippen LogP contribution is -2.50. The number of carboxylic acid groups (broad SMARTS) is 1. The van der Waals surface area contributed by atoms with Crippen molar-refractivity contribution in [3.05, 3.63) is 10.6 Å². The van der Waals surface area contributed by atoms with Crippen LogP contribution >= 0.6 is 0 Å². The maximum Gasteiger partial charge on any atom is 0.440 e. The number of aromatic nitrogens is 2. The number of hydrogen-bond donors (Lipinski definition) is 2. The Morgan fingerprint density at radius 3 is 2.47 bits per heavy atom. The van der Waals surface area contributed by atoms with E-state index in [9.17, 15) is 14.4 Å². The molecule has 3 aliphatic heterocycles. The number of cyclic esters (lactones) is 1. The molecule has 12 heteroatoms. The van der Waals surface area contributed by atoms with Gasteiger partial charge < -0.3 is 19.6 Å². The summed E-state index contributed by atoms with van der Waals surface area (Å²) < 4.78 is 10.1. The van der Waals surface area contributed by atoms with Crippen molar-refractivity contribution >= 4 is 18.0 Å². The molecular formula is C20H32N6O6. The lowest BCUT2D eigenvalue weighted by molar-refractivity contribution is -0.138. The smallest absolute Gasteiger partial charge is 0.440 e. The van der Waals surface area contributed by atoms with Crippen LogP contribution in [0, 0.1) is 5.92 Å². The average Bonchev–Trinajstić information content (AvgIpc) is 3.35. The molecule has 0 aliphatic carbocycles. The molecule has 3 fully saturated rings. The molecule has 1 aromatic rings. The van der Waals surface area contributed by atoms with E-state index < -0.39 is 11.7 Å². The molecule has 1 amide bonds. The van der Waals surface area contributed by atoms with Crippen molar-refractivity contribution < 1.29 is 24.0 Å².